The fourth-order valence-electron chi connectivity index (χ4n) is 2.29. The minimum atomic E-state index is -4.32. The number of guanidine groups is 1. The predicted molar refractivity (Wildman–Crippen MR) is 86.9 cm³/mol. The maximum atomic E-state index is 12.0. The Labute approximate surface area is 141 Å². The molecule has 1 heterocycles. The maximum absolute atomic E-state index is 12.0. The van der Waals surface area contributed by atoms with E-state index in [0.717, 1.165) is 0 Å². The van der Waals surface area contributed by atoms with Gasteiger partial charge in [-0.3, -0.25) is 4.99 Å². The van der Waals surface area contributed by atoms with Gasteiger partial charge in [-0.05, 0) is 27.2 Å². The Morgan fingerprint density at radius 2 is 2.04 bits per heavy atom. The number of hydrogen-bond acceptors (Lipinski definition) is 4. The van der Waals surface area contributed by atoms with Gasteiger partial charge < -0.3 is 15.0 Å². The first-order valence-corrected chi connectivity index (χ1v) is 9.54. The Kier molecular flexibility index (Phi) is 7.33. The largest absolute Gasteiger partial charge is 0.411 e. The lowest BCUT2D eigenvalue weighted by Crippen LogP contribution is -2.57. The summed E-state index contributed by atoms with van der Waals surface area (Å²) in [6, 6.07) is 0. The minimum Gasteiger partial charge on any atom is -0.372 e. The average Bonchev–Trinajstić information content (AvgIpc) is 2.43. The highest BCUT2D eigenvalue weighted by Crippen LogP contribution is 2.23. The molecule has 0 bridgehead atoms. The van der Waals surface area contributed by atoms with Crippen molar-refractivity contribution in [2.24, 2.45) is 4.99 Å². The Morgan fingerprint density at radius 3 is 2.58 bits per heavy atom. The van der Waals surface area contributed by atoms with Crippen molar-refractivity contribution in [2.75, 3.05) is 45.1 Å². The number of hydrogen-bond donors (Lipinski definition) is 1. The van der Waals surface area contributed by atoms with Gasteiger partial charge in [0.05, 0.1) is 10.5 Å². The van der Waals surface area contributed by atoms with Gasteiger partial charge in [0.2, 0.25) is 0 Å². The van der Waals surface area contributed by atoms with E-state index in [-0.39, 0.29) is 12.4 Å². The number of rotatable bonds is 6. The molecule has 0 aromatic heterocycles. The summed E-state index contributed by atoms with van der Waals surface area (Å²) in [5.41, 5.74) is 0. The summed E-state index contributed by atoms with van der Waals surface area (Å²) in [6.07, 6.45) is -3.95. The molecule has 0 saturated carbocycles. The summed E-state index contributed by atoms with van der Waals surface area (Å²) >= 11 is 0. The number of sulfone groups is 1. The lowest BCUT2D eigenvalue weighted by atomic mass is 10.2. The summed E-state index contributed by atoms with van der Waals surface area (Å²) in [5.74, 6) is 0.635. The predicted octanol–water partition coefficient (Wildman–Crippen LogP) is 1.43. The van der Waals surface area contributed by atoms with Crippen molar-refractivity contribution in [3.05, 3.63) is 0 Å². The van der Waals surface area contributed by atoms with Crippen molar-refractivity contribution in [2.45, 2.75) is 38.1 Å². The molecular formula is C14H26F3N3O3S. The quantitative estimate of drug-likeness (QED) is 0.433. The van der Waals surface area contributed by atoms with Gasteiger partial charge in [-0.1, -0.05) is 0 Å². The van der Waals surface area contributed by atoms with Crippen molar-refractivity contribution in [3.63, 3.8) is 0 Å². The molecule has 1 aliphatic heterocycles. The van der Waals surface area contributed by atoms with Gasteiger partial charge in [-0.25, -0.2) is 8.42 Å². The summed E-state index contributed by atoms with van der Waals surface area (Å²) in [7, 11) is -3.14. The van der Waals surface area contributed by atoms with Gasteiger partial charge in [0.25, 0.3) is 0 Å². The monoisotopic (exact) mass is 373 g/mol. The number of ether oxygens (including phenoxy) is 1. The number of aliphatic imine (C=N–C) groups is 1. The molecule has 0 atom stereocenters. The number of nitrogens with zero attached hydrogens (tertiary/aromatic N) is 2. The number of alkyl halides is 3. The maximum Gasteiger partial charge on any atom is 0.411 e. The highest BCUT2D eigenvalue weighted by molar-refractivity contribution is 7.92. The van der Waals surface area contributed by atoms with E-state index in [9.17, 15) is 21.6 Å². The zero-order valence-corrected chi connectivity index (χ0v) is 15.1. The topological polar surface area (TPSA) is 71.0 Å². The second-order valence-corrected chi connectivity index (χ2v) is 9.00. The van der Waals surface area contributed by atoms with Gasteiger partial charge in [0.15, 0.2) is 15.8 Å². The van der Waals surface area contributed by atoms with Crippen molar-refractivity contribution in [1.29, 1.82) is 0 Å². The van der Waals surface area contributed by atoms with Crippen molar-refractivity contribution < 1.29 is 26.3 Å². The highest BCUT2D eigenvalue weighted by Gasteiger charge is 2.40. The molecule has 0 radical (unpaired) electrons. The van der Waals surface area contributed by atoms with Crippen LogP contribution in [0.3, 0.4) is 0 Å². The minimum absolute atomic E-state index is 0.0255. The van der Waals surface area contributed by atoms with E-state index >= 15 is 0 Å². The smallest absolute Gasteiger partial charge is 0.372 e. The van der Waals surface area contributed by atoms with Crippen LogP contribution in [0, 0.1) is 0 Å². The molecule has 1 fully saturated rings. The average molecular weight is 373 g/mol. The Morgan fingerprint density at radius 1 is 1.38 bits per heavy atom. The Balaban J connectivity index is 2.54. The van der Waals surface area contributed by atoms with Gasteiger partial charge in [-0.15, -0.1) is 0 Å². The van der Waals surface area contributed by atoms with Gasteiger partial charge in [-0.2, -0.15) is 13.2 Å². The van der Waals surface area contributed by atoms with E-state index in [2.05, 4.69) is 15.0 Å². The molecule has 24 heavy (non-hydrogen) atoms. The number of halogens is 3. The van der Waals surface area contributed by atoms with E-state index < -0.39 is 27.4 Å². The molecule has 0 aromatic rings. The molecule has 0 spiro atoms. The van der Waals surface area contributed by atoms with Crippen molar-refractivity contribution in [3.8, 4) is 0 Å². The summed E-state index contributed by atoms with van der Waals surface area (Å²) in [6.45, 7) is 5.59. The van der Waals surface area contributed by atoms with E-state index in [1.165, 1.54) is 0 Å². The van der Waals surface area contributed by atoms with Crippen LogP contribution in [0.5, 0.6) is 0 Å². The lowest BCUT2D eigenvalue weighted by Gasteiger charge is -2.39. The molecular weight excluding hydrogens is 347 g/mol. The molecule has 1 rings (SSSR count). The third-order valence-electron chi connectivity index (χ3n) is 3.65. The second kappa shape index (κ2) is 8.37. The standard InChI is InChI=1S/C14H26F3N3O3S/c1-4-18-12(19-6-5-8-23-11-14(15,16)17)20-7-9-24(21,22)13(2,3)10-20/h4-11H2,1-3H3,(H,18,19). The zero-order valence-electron chi connectivity index (χ0n) is 14.3. The third-order valence-corrected chi connectivity index (χ3v) is 6.18. The first-order valence-electron chi connectivity index (χ1n) is 7.88. The van der Waals surface area contributed by atoms with Crippen LogP contribution in [-0.2, 0) is 14.6 Å². The molecule has 0 aliphatic carbocycles. The highest BCUT2D eigenvalue weighted by atomic mass is 32.2. The molecule has 6 nitrogen and oxygen atoms in total. The summed E-state index contributed by atoms with van der Waals surface area (Å²) in [5, 5.41) is 3.09. The fraction of sp³-hybridized carbons (Fsp3) is 0.929. The van der Waals surface area contributed by atoms with Crippen LogP contribution in [0.2, 0.25) is 0 Å². The molecule has 1 saturated heterocycles. The normalized spacial score (nSPS) is 20.9. The van der Waals surface area contributed by atoms with Crippen LogP contribution in [-0.4, -0.2) is 75.3 Å². The van der Waals surface area contributed by atoms with Crippen LogP contribution in [0.25, 0.3) is 0 Å². The SMILES string of the molecule is CCNC(=NCCCOCC(F)(F)F)N1CCS(=O)(=O)C(C)(C)C1. The first-order chi connectivity index (χ1) is 11.0. The molecule has 142 valence electrons. The lowest BCUT2D eigenvalue weighted by molar-refractivity contribution is -0.173. The van der Waals surface area contributed by atoms with Crippen LogP contribution < -0.4 is 5.32 Å². The number of nitrogens with one attached hydrogen (secondary N) is 1. The van der Waals surface area contributed by atoms with Crippen LogP contribution in [0.15, 0.2) is 4.99 Å². The Hall–Kier alpha value is -1.03. The van der Waals surface area contributed by atoms with Crippen LogP contribution in [0.4, 0.5) is 13.2 Å². The molecule has 0 unspecified atom stereocenters. The summed E-state index contributed by atoms with van der Waals surface area (Å²) < 4.78 is 63.6. The van der Waals surface area contributed by atoms with E-state index in [1.807, 2.05) is 11.8 Å². The van der Waals surface area contributed by atoms with Gasteiger partial charge >= 0.3 is 6.18 Å². The van der Waals surface area contributed by atoms with Crippen molar-refractivity contribution in [1.82, 2.24) is 10.2 Å². The fourth-order valence-corrected chi connectivity index (χ4v) is 3.66. The van der Waals surface area contributed by atoms with Crippen molar-refractivity contribution >= 4 is 15.8 Å². The van der Waals surface area contributed by atoms with Gasteiger partial charge in [0, 0.05) is 32.8 Å². The van der Waals surface area contributed by atoms with Crippen LogP contribution >= 0.6 is 0 Å². The van der Waals surface area contributed by atoms with Crippen LogP contribution in [0.1, 0.15) is 27.2 Å². The first kappa shape index (κ1) is 21.0. The molecule has 0 amide bonds. The molecule has 1 N–H and O–H groups in total. The van der Waals surface area contributed by atoms with Gasteiger partial charge in [0.1, 0.15) is 6.61 Å². The van der Waals surface area contributed by atoms with E-state index in [4.69, 9.17) is 0 Å². The summed E-state index contributed by atoms with van der Waals surface area (Å²) in [4.78, 5) is 6.24. The Bertz CT molecular complexity index is 533. The van der Waals surface area contributed by atoms with E-state index in [0.29, 0.717) is 38.6 Å². The molecule has 0 aromatic carbocycles. The third kappa shape index (κ3) is 6.46. The molecule has 10 heteroatoms. The molecule has 1 aliphatic rings. The van der Waals surface area contributed by atoms with E-state index in [1.54, 1.807) is 13.8 Å². The second-order valence-electron chi connectivity index (χ2n) is 6.26. The zero-order chi connectivity index (χ0) is 18.4.